The highest BCUT2D eigenvalue weighted by molar-refractivity contribution is 7.80. The molecule has 1 N–H and O–H groups in total. The second-order valence-electron chi connectivity index (χ2n) is 4.11. The number of hydrogen-bond donors (Lipinski definition) is 1. The van der Waals surface area contributed by atoms with Gasteiger partial charge >= 0.3 is 0 Å². The van der Waals surface area contributed by atoms with Crippen LogP contribution < -0.4 is 5.32 Å². The third kappa shape index (κ3) is 3.30. The van der Waals surface area contributed by atoms with Gasteiger partial charge in [-0.2, -0.15) is 0 Å². The van der Waals surface area contributed by atoms with Crippen molar-refractivity contribution in [3.8, 4) is 0 Å². The van der Waals surface area contributed by atoms with E-state index in [0.717, 1.165) is 18.8 Å². The predicted octanol–water partition coefficient (Wildman–Crippen LogP) is 3.66. The third-order valence-electron chi connectivity index (χ3n) is 2.81. The summed E-state index contributed by atoms with van der Waals surface area (Å²) in [6.45, 7) is 1.97. The lowest BCUT2D eigenvalue weighted by Gasteiger charge is -2.29. The molecule has 0 spiro atoms. The van der Waals surface area contributed by atoms with Gasteiger partial charge in [-0.3, -0.25) is 0 Å². The maximum Gasteiger partial charge on any atom is 0.173 e. The average molecular weight is 273 g/mol. The summed E-state index contributed by atoms with van der Waals surface area (Å²) >= 11 is 11.0. The second-order valence-corrected chi connectivity index (χ2v) is 4.90. The minimum absolute atomic E-state index is 0.108. The number of piperidine rings is 1. The lowest BCUT2D eigenvalue weighted by molar-refractivity contribution is 0.346. The molecule has 0 aromatic heterocycles. The summed E-state index contributed by atoms with van der Waals surface area (Å²) in [4.78, 5) is 2.14. The van der Waals surface area contributed by atoms with Crippen LogP contribution in [0, 0.1) is 5.82 Å². The lowest BCUT2D eigenvalue weighted by atomic mass is 10.1. The molecule has 0 radical (unpaired) electrons. The van der Waals surface area contributed by atoms with Crippen molar-refractivity contribution in [3.63, 3.8) is 0 Å². The highest BCUT2D eigenvalue weighted by Crippen LogP contribution is 2.20. The van der Waals surface area contributed by atoms with Crippen molar-refractivity contribution in [3.05, 3.63) is 29.0 Å². The van der Waals surface area contributed by atoms with Crippen molar-refractivity contribution >= 4 is 34.6 Å². The van der Waals surface area contributed by atoms with Crippen molar-refractivity contribution in [1.29, 1.82) is 0 Å². The van der Waals surface area contributed by atoms with Crippen molar-refractivity contribution in [2.45, 2.75) is 19.3 Å². The van der Waals surface area contributed by atoms with Crippen LogP contribution >= 0.6 is 23.8 Å². The molecule has 0 saturated carbocycles. The molecule has 0 aliphatic carbocycles. The van der Waals surface area contributed by atoms with Crippen LogP contribution in [0.25, 0.3) is 0 Å². The monoisotopic (exact) mass is 272 g/mol. The van der Waals surface area contributed by atoms with Gasteiger partial charge in [0.2, 0.25) is 0 Å². The largest absolute Gasteiger partial charge is 0.349 e. The van der Waals surface area contributed by atoms with E-state index in [1.807, 2.05) is 0 Å². The first-order valence-corrected chi connectivity index (χ1v) is 6.46. The van der Waals surface area contributed by atoms with Gasteiger partial charge in [0.1, 0.15) is 5.82 Å². The third-order valence-corrected chi connectivity index (χ3v) is 3.46. The number of rotatable bonds is 1. The Morgan fingerprint density at radius 2 is 2.00 bits per heavy atom. The summed E-state index contributed by atoms with van der Waals surface area (Å²) in [5, 5.41) is 3.88. The van der Waals surface area contributed by atoms with E-state index in [1.165, 1.54) is 25.3 Å². The zero-order valence-electron chi connectivity index (χ0n) is 9.38. The van der Waals surface area contributed by atoms with E-state index in [-0.39, 0.29) is 5.02 Å². The average Bonchev–Trinajstić information content (AvgIpc) is 2.35. The highest BCUT2D eigenvalue weighted by atomic mass is 35.5. The Hall–Kier alpha value is -0.870. The minimum atomic E-state index is -0.416. The highest BCUT2D eigenvalue weighted by Gasteiger charge is 2.13. The van der Waals surface area contributed by atoms with Crippen molar-refractivity contribution < 1.29 is 4.39 Å². The van der Waals surface area contributed by atoms with Gasteiger partial charge in [-0.25, -0.2) is 4.39 Å². The molecule has 1 heterocycles. The fraction of sp³-hybridized carbons (Fsp3) is 0.417. The van der Waals surface area contributed by atoms with Crippen LogP contribution in [0.2, 0.25) is 5.02 Å². The minimum Gasteiger partial charge on any atom is -0.349 e. The fourth-order valence-corrected chi connectivity index (χ4v) is 2.35. The molecule has 0 amide bonds. The van der Waals surface area contributed by atoms with Gasteiger partial charge in [-0.1, -0.05) is 11.6 Å². The number of hydrogen-bond acceptors (Lipinski definition) is 1. The fourth-order valence-electron chi connectivity index (χ4n) is 1.87. The van der Waals surface area contributed by atoms with E-state index < -0.39 is 5.82 Å². The van der Waals surface area contributed by atoms with E-state index in [0.29, 0.717) is 5.11 Å². The Balaban J connectivity index is 1.99. The molecule has 1 aromatic carbocycles. The Labute approximate surface area is 111 Å². The van der Waals surface area contributed by atoms with E-state index in [1.54, 1.807) is 12.1 Å². The second kappa shape index (κ2) is 5.65. The molecule has 0 unspecified atom stereocenters. The molecule has 2 rings (SSSR count). The quantitative estimate of drug-likeness (QED) is 0.786. The van der Waals surface area contributed by atoms with Crippen LogP contribution in [0.3, 0.4) is 0 Å². The first-order chi connectivity index (χ1) is 8.16. The molecule has 1 aliphatic heterocycles. The molecule has 5 heteroatoms. The summed E-state index contributed by atoms with van der Waals surface area (Å²) in [5.41, 5.74) is 0.729. The number of benzene rings is 1. The molecule has 1 aliphatic rings. The van der Waals surface area contributed by atoms with Crippen LogP contribution in [0.5, 0.6) is 0 Å². The van der Waals surface area contributed by atoms with E-state index >= 15 is 0 Å². The zero-order valence-corrected chi connectivity index (χ0v) is 11.0. The molecule has 1 aromatic rings. The van der Waals surface area contributed by atoms with Crippen LogP contribution in [-0.4, -0.2) is 23.1 Å². The SMILES string of the molecule is Fc1ccc(NC(=S)N2CCCCC2)cc1Cl. The van der Waals surface area contributed by atoms with Crippen LogP contribution in [0.15, 0.2) is 18.2 Å². The normalized spacial score (nSPS) is 15.8. The van der Waals surface area contributed by atoms with Gasteiger partial charge in [0, 0.05) is 18.8 Å². The molecule has 0 bridgehead atoms. The van der Waals surface area contributed by atoms with Crippen LogP contribution in [-0.2, 0) is 0 Å². The zero-order chi connectivity index (χ0) is 12.3. The van der Waals surface area contributed by atoms with Gasteiger partial charge in [-0.15, -0.1) is 0 Å². The Bertz CT molecular complexity index is 419. The topological polar surface area (TPSA) is 15.3 Å². The summed E-state index contributed by atoms with van der Waals surface area (Å²) < 4.78 is 13.0. The summed E-state index contributed by atoms with van der Waals surface area (Å²) in [7, 11) is 0. The Morgan fingerprint density at radius 3 is 2.65 bits per heavy atom. The van der Waals surface area contributed by atoms with E-state index in [2.05, 4.69) is 10.2 Å². The number of nitrogens with zero attached hydrogens (tertiary/aromatic N) is 1. The molecule has 17 heavy (non-hydrogen) atoms. The molecule has 92 valence electrons. The standard InChI is InChI=1S/C12H14ClFN2S/c13-10-8-9(4-5-11(10)14)15-12(17)16-6-2-1-3-7-16/h4-5,8H,1-3,6-7H2,(H,15,17). The molecule has 0 atom stereocenters. The molecule has 1 fully saturated rings. The maximum absolute atomic E-state index is 13.0. The Morgan fingerprint density at radius 1 is 1.29 bits per heavy atom. The molecular weight excluding hydrogens is 259 g/mol. The summed E-state index contributed by atoms with van der Waals surface area (Å²) in [5.74, 6) is -0.416. The predicted molar refractivity (Wildman–Crippen MR) is 73.1 cm³/mol. The number of thiocarbonyl (C=S) groups is 1. The lowest BCUT2D eigenvalue weighted by Crippen LogP contribution is -2.38. The van der Waals surface area contributed by atoms with E-state index in [4.69, 9.17) is 23.8 Å². The first-order valence-electron chi connectivity index (χ1n) is 5.68. The number of halogens is 2. The summed E-state index contributed by atoms with van der Waals surface area (Å²) in [6, 6.07) is 4.52. The van der Waals surface area contributed by atoms with Gasteiger partial charge < -0.3 is 10.2 Å². The first kappa shape index (κ1) is 12.6. The smallest absolute Gasteiger partial charge is 0.173 e. The number of nitrogens with one attached hydrogen (secondary N) is 1. The van der Waals surface area contributed by atoms with Crippen molar-refractivity contribution in [1.82, 2.24) is 4.90 Å². The molecular formula is C12H14ClFN2S. The molecule has 2 nitrogen and oxygen atoms in total. The van der Waals surface area contributed by atoms with Gasteiger partial charge in [0.05, 0.1) is 5.02 Å². The maximum atomic E-state index is 13.0. The summed E-state index contributed by atoms with van der Waals surface area (Å²) in [6.07, 6.45) is 3.61. The van der Waals surface area contributed by atoms with Crippen LogP contribution in [0.4, 0.5) is 10.1 Å². The van der Waals surface area contributed by atoms with Gasteiger partial charge in [0.25, 0.3) is 0 Å². The Kier molecular flexibility index (Phi) is 4.18. The number of likely N-dealkylation sites (tertiary alicyclic amines) is 1. The van der Waals surface area contributed by atoms with Gasteiger partial charge in [-0.05, 0) is 49.7 Å². The van der Waals surface area contributed by atoms with Crippen molar-refractivity contribution in [2.24, 2.45) is 0 Å². The molecule has 1 saturated heterocycles. The van der Waals surface area contributed by atoms with Crippen LogP contribution in [0.1, 0.15) is 19.3 Å². The van der Waals surface area contributed by atoms with Crippen molar-refractivity contribution in [2.75, 3.05) is 18.4 Å². The van der Waals surface area contributed by atoms with Gasteiger partial charge in [0.15, 0.2) is 5.11 Å². The van der Waals surface area contributed by atoms with E-state index in [9.17, 15) is 4.39 Å². The number of anilines is 1.